The quantitative estimate of drug-likeness (QED) is 0.769. The lowest BCUT2D eigenvalue weighted by Crippen LogP contribution is -2.31. The van der Waals surface area contributed by atoms with Crippen LogP contribution in [0.4, 0.5) is 10.1 Å². The number of anilines is 1. The molecule has 0 bridgehead atoms. The first-order chi connectivity index (χ1) is 9.17. The van der Waals surface area contributed by atoms with Crippen LogP contribution in [0.1, 0.15) is 39.2 Å². The number of rotatable bonds is 8. The number of benzene rings is 1. The molecule has 0 saturated carbocycles. The maximum absolute atomic E-state index is 14.2. The zero-order chi connectivity index (χ0) is 14.3. The summed E-state index contributed by atoms with van der Waals surface area (Å²) < 4.78 is 14.2. The molecule has 3 heteroatoms. The Morgan fingerprint density at radius 2 is 1.89 bits per heavy atom. The van der Waals surface area contributed by atoms with Crippen molar-refractivity contribution in [2.45, 2.75) is 40.2 Å². The van der Waals surface area contributed by atoms with E-state index in [0.717, 1.165) is 37.2 Å². The highest BCUT2D eigenvalue weighted by atomic mass is 19.1. The molecule has 0 aliphatic rings. The summed E-state index contributed by atoms with van der Waals surface area (Å²) in [7, 11) is 1.89. The third kappa shape index (κ3) is 4.20. The molecule has 108 valence electrons. The molecular formula is C16H27FN2. The summed E-state index contributed by atoms with van der Waals surface area (Å²) in [6, 6.07) is 5.35. The fourth-order valence-corrected chi connectivity index (χ4v) is 2.48. The van der Waals surface area contributed by atoms with E-state index in [1.165, 1.54) is 0 Å². The number of hydrogen-bond donors (Lipinski definition) is 1. The monoisotopic (exact) mass is 266 g/mol. The Bertz CT molecular complexity index is 375. The van der Waals surface area contributed by atoms with Crippen LogP contribution in [0.3, 0.4) is 0 Å². The molecule has 0 spiro atoms. The molecule has 0 aliphatic carbocycles. The minimum absolute atomic E-state index is 0.111. The minimum atomic E-state index is -0.111. The van der Waals surface area contributed by atoms with Crippen molar-refractivity contribution < 1.29 is 4.39 Å². The number of nitrogens with one attached hydrogen (secondary N) is 1. The maximum Gasteiger partial charge on any atom is 0.146 e. The molecule has 0 radical (unpaired) electrons. The molecule has 1 rings (SSSR count). The normalized spacial score (nSPS) is 11.1. The van der Waals surface area contributed by atoms with Gasteiger partial charge in [-0.3, -0.25) is 0 Å². The molecular weight excluding hydrogens is 239 g/mol. The van der Waals surface area contributed by atoms with Gasteiger partial charge in [-0.05, 0) is 31.5 Å². The van der Waals surface area contributed by atoms with E-state index in [2.05, 4.69) is 31.0 Å². The predicted octanol–water partition coefficient (Wildman–Crippen LogP) is 3.81. The summed E-state index contributed by atoms with van der Waals surface area (Å²) in [5.41, 5.74) is 1.81. The van der Waals surface area contributed by atoms with E-state index >= 15 is 0 Å². The maximum atomic E-state index is 14.2. The van der Waals surface area contributed by atoms with E-state index in [1.54, 1.807) is 12.1 Å². The molecule has 0 saturated heterocycles. The van der Waals surface area contributed by atoms with Crippen LogP contribution in [-0.4, -0.2) is 20.1 Å². The molecule has 19 heavy (non-hydrogen) atoms. The Morgan fingerprint density at radius 1 is 1.21 bits per heavy atom. The molecule has 2 nitrogen and oxygen atoms in total. The highest BCUT2D eigenvalue weighted by Gasteiger charge is 2.17. The second-order valence-corrected chi connectivity index (χ2v) is 5.00. The van der Waals surface area contributed by atoms with Crippen molar-refractivity contribution >= 4 is 5.69 Å². The van der Waals surface area contributed by atoms with Crippen molar-refractivity contribution in [3.8, 4) is 0 Å². The van der Waals surface area contributed by atoms with Crippen LogP contribution in [0.2, 0.25) is 0 Å². The highest BCUT2D eigenvalue weighted by molar-refractivity contribution is 5.55. The van der Waals surface area contributed by atoms with Gasteiger partial charge in [0, 0.05) is 19.6 Å². The average Bonchev–Trinajstić information content (AvgIpc) is 2.42. The zero-order valence-electron chi connectivity index (χ0n) is 12.7. The fraction of sp³-hybridized carbons (Fsp3) is 0.625. The number of nitrogens with zero attached hydrogens (tertiary/aromatic N) is 1. The average molecular weight is 266 g/mol. The van der Waals surface area contributed by atoms with Gasteiger partial charge in [-0.15, -0.1) is 0 Å². The second kappa shape index (κ2) is 8.16. The van der Waals surface area contributed by atoms with E-state index in [-0.39, 0.29) is 5.82 Å². The minimum Gasteiger partial charge on any atom is -0.369 e. The molecule has 0 heterocycles. The van der Waals surface area contributed by atoms with Gasteiger partial charge in [0.05, 0.1) is 5.69 Å². The first-order valence-corrected chi connectivity index (χ1v) is 7.34. The first-order valence-electron chi connectivity index (χ1n) is 7.34. The van der Waals surface area contributed by atoms with Crippen LogP contribution < -0.4 is 10.2 Å². The Morgan fingerprint density at radius 3 is 2.42 bits per heavy atom. The lowest BCUT2D eigenvalue weighted by molar-refractivity contribution is 0.481. The molecule has 1 aromatic carbocycles. The largest absolute Gasteiger partial charge is 0.369 e. The lowest BCUT2D eigenvalue weighted by Gasteiger charge is -2.29. The van der Waals surface area contributed by atoms with Crippen LogP contribution in [0, 0.1) is 11.7 Å². The molecule has 0 fully saturated rings. The van der Waals surface area contributed by atoms with E-state index in [1.807, 2.05) is 13.1 Å². The Kier molecular flexibility index (Phi) is 6.85. The van der Waals surface area contributed by atoms with Gasteiger partial charge >= 0.3 is 0 Å². The Hall–Kier alpha value is -1.09. The fourth-order valence-electron chi connectivity index (χ4n) is 2.48. The van der Waals surface area contributed by atoms with Crippen LogP contribution in [-0.2, 0) is 6.54 Å². The molecule has 0 aliphatic heterocycles. The summed E-state index contributed by atoms with van der Waals surface area (Å²) in [4.78, 5) is 2.18. The highest BCUT2D eigenvalue weighted by Crippen LogP contribution is 2.26. The van der Waals surface area contributed by atoms with Crippen molar-refractivity contribution in [1.29, 1.82) is 0 Å². The third-order valence-electron chi connectivity index (χ3n) is 3.77. The SMILES string of the molecule is CCC(CC)CN(CC)c1c(F)cccc1CNC. The molecule has 0 aromatic heterocycles. The van der Waals surface area contributed by atoms with Crippen LogP contribution in [0.5, 0.6) is 0 Å². The summed E-state index contributed by atoms with van der Waals surface area (Å²) in [5, 5.41) is 3.12. The summed E-state index contributed by atoms with van der Waals surface area (Å²) in [6.07, 6.45) is 2.28. The number of hydrogen-bond acceptors (Lipinski definition) is 2. The second-order valence-electron chi connectivity index (χ2n) is 5.00. The molecule has 1 aromatic rings. The van der Waals surface area contributed by atoms with Gasteiger partial charge in [-0.25, -0.2) is 4.39 Å². The topological polar surface area (TPSA) is 15.3 Å². The molecule has 1 N–H and O–H groups in total. The zero-order valence-corrected chi connectivity index (χ0v) is 12.7. The van der Waals surface area contributed by atoms with Crippen molar-refractivity contribution in [2.75, 3.05) is 25.0 Å². The van der Waals surface area contributed by atoms with E-state index in [4.69, 9.17) is 0 Å². The van der Waals surface area contributed by atoms with Crippen LogP contribution in [0.25, 0.3) is 0 Å². The van der Waals surface area contributed by atoms with Gasteiger partial charge < -0.3 is 10.2 Å². The first kappa shape index (κ1) is 16.0. The van der Waals surface area contributed by atoms with Gasteiger partial charge in [-0.1, -0.05) is 38.8 Å². The van der Waals surface area contributed by atoms with Gasteiger partial charge in [0.2, 0.25) is 0 Å². The van der Waals surface area contributed by atoms with E-state index in [0.29, 0.717) is 12.5 Å². The Labute approximate surface area is 117 Å². The third-order valence-corrected chi connectivity index (χ3v) is 3.77. The van der Waals surface area contributed by atoms with Gasteiger partial charge in [0.25, 0.3) is 0 Å². The molecule has 0 amide bonds. The van der Waals surface area contributed by atoms with Crippen molar-refractivity contribution in [1.82, 2.24) is 5.32 Å². The summed E-state index contributed by atoms with van der Waals surface area (Å²) in [6.45, 7) is 8.98. The van der Waals surface area contributed by atoms with E-state index < -0.39 is 0 Å². The molecule has 0 atom stereocenters. The Balaban J connectivity index is 3.02. The van der Waals surface area contributed by atoms with Gasteiger partial charge in [0.1, 0.15) is 5.82 Å². The van der Waals surface area contributed by atoms with Crippen LogP contribution in [0.15, 0.2) is 18.2 Å². The lowest BCUT2D eigenvalue weighted by atomic mass is 10.0. The molecule has 0 unspecified atom stereocenters. The van der Waals surface area contributed by atoms with Crippen LogP contribution >= 0.6 is 0 Å². The summed E-state index contributed by atoms with van der Waals surface area (Å²) in [5.74, 6) is 0.516. The standard InChI is InChI=1S/C16H27FN2/c1-5-13(6-2)12-19(7-3)16-14(11-18-4)9-8-10-15(16)17/h8-10,13,18H,5-7,11-12H2,1-4H3. The van der Waals surface area contributed by atoms with Gasteiger partial charge in [0.15, 0.2) is 0 Å². The number of para-hydroxylation sites is 1. The summed E-state index contributed by atoms with van der Waals surface area (Å²) >= 11 is 0. The van der Waals surface area contributed by atoms with E-state index in [9.17, 15) is 4.39 Å². The van der Waals surface area contributed by atoms with Crippen molar-refractivity contribution in [3.63, 3.8) is 0 Å². The predicted molar refractivity (Wildman–Crippen MR) is 81.1 cm³/mol. The smallest absolute Gasteiger partial charge is 0.146 e. The van der Waals surface area contributed by atoms with Crippen molar-refractivity contribution in [2.24, 2.45) is 5.92 Å². The van der Waals surface area contributed by atoms with Gasteiger partial charge in [-0.2, -0.15) is 0 Å². The number of halogens is 1. The van der Waals surface area contributed by atoms with Crippen molar-refractivity contribution in [3.05, 3.63) is 29.6 Å².